The van der Waals surface area contributed by atoms with E-state index in [0.717, 1.165) is 29.2 Å². The zero-order valence-electron chi connectivity index (χ0n) is 12.2. The Balaban J connectivity index is 1.80. The quantitative estimate of drug-likeness (QED) is 0.699. The average Bonchev–Trinajstić information content (AvgIpc) is 3.05. The molecule has 1 N–H and O–H groups in total. The van der Waals surface area contributed by atoms with Crippen molar-refractivity contribution < 1.29 is 18.0 Å². The Morgan fingerprint density at radius 1 is 1.29 bits per heavy atom. The number of amides is 1. The van der Waals surface area contributed by atoms with Crippen LogP contribution in [0.5, 0.6) is 0 Å². The Kier molecular flexibility index (Phi) is 4.14. The number of benzene rings is 1. The van der Waals surface area contributed by atoms with Crippen molar-refractivity contribution in [3.63, 3.8) is 0 Å². The van der Waals surface area contributed by atoms with E-state index in [0.29, 0.717) is 11.4 Å². The van der Waals surface area contributed by atoms with Crippen LogP contribution < -0.4 is 5.32 Å². The number of carbonyl (C=O) groups excluding carboxylic acids is 1. The molecular formula is C15H10F3N3OS2. The lowest BCUT2D eigenvalue weighted by Gasteiger charge is -2.09. The van der Waals surface area contributed by atoms with Gasteiger partial charge >= 0.3 is 6.18 Å². The molecule has 124 valence electrons. The van der Waals surface area contributed by atoms with E-state index >= 15 is 0 Å². The van der Waals surface area contributed by atoms with Crippen molar-refractivity contribution in [1.82, 2.24) is 14.7 Å². The molecule has 0 spiro atoms. The fourth-order valence-corrected chi connectivity index (χ4v) is 3.31. The lowest BCUT2D eigenvalue weighted by molar-refractivity contribution is -0.137. The Labute approximate surface area is 143 Å². The number of hydrogen-bond donors (Lipinski definition) is 1. The van der Waals surface area contributed by atoms with Crippen molar-refractivity contribution in [3.05, 3.63) is 58.4 Å². The Morgan fingerprint density at radius 2 is 1.96 bits per heavy atom. The smallest absolute Gasteiger partial charge is 0.311 e. The van der Waals surface area contributed by atoms with E-state index in [4.69, 9.17) is 12.2 Å². The molecule has 3 aromatic rings. The van der Waals surface area contributed by atoms with E-state index in [2.05, 4.69) is 10.3 Å². The number of aryl methyl sites for hydroxylation is 1. The molecule has 0 saturated carbocycles. The molecule has 2 heterocycles. The van der Waals surface area contributed by atoms with Crippen LogP contribution >= 0.6 is 23.6 Å². The van der Waals surface area contributed by atoms with Crippen LogP contribution in [-0.2, 0) is 6.18 Å². The number of nitrogens with one attached hydrogen (secondary N) is 1. The molecule has 24 heavy (non-hydrogen) atoms. The van der Waals surface area contributed by atoms with Gasteiger partial charge in [0.15, 0.2) is 4.96 Å². The first-order valence-corrected chi connectivity index (χ1v) is 8.01. The van der Waals surface area contributed by atoms with Gasteiger partial charge in [0.05, 0.1) is 11.3 Å². The van der Waals surface area contributed by atoms with Gasteiger partial charge in [0.1, 0.15) is 10.7 Å². The minimum absolute atomic E-state index is 0.0917. The highest BCUT2D eigenvalue weighted by molar-refractivity contribution is 7.80. The summed E-state index contributed by atoms with van der Waals surface area (Å²) in [5.74, 6) is -0.571. The normalized spacial score (nSPS) is 11.7. The predicted molar refractivity (Wildman–Crippen MR) is 88.4 cm³/mol. The largest absolute Gasteiger partial charge is 0.416 e. The summed E-state index contributed by atoms with van der Waals surface area (Å²) in [6, 6.07) is 3.95. The molecule has 0 radical (unpaired) electrons. The van der Waals surface area contributed by atoms with Crippen molar-refractivity contribution in [1.29, 1.82) is 0 Å². The minimum Gasteiger partial charge on any atom is -0.311 e. The second-order valence-electron chi connectivity index (χ2n) is 4.96. The molecule has 0 saturated heterocycles. The van der Waals surface area contributed by atoms with Gasteiger partial charge in [-0.05, 0) is 31.2 Å². The molecule has 1 aromatic carbocycles. The highest BCUT2D eigenvalue weighted by Crippen LogP contribution is 2.29. The van der Waals surface area contributed by atoms with Crippen LogP contribution in [0, 0.1) is 6.92 Å². The molecule has 9 heteroatoms. The van der Waals surface area contributed by atoms with Crippen molar-refractivity contribution in [3.8, 4) is 0 Å². The zero-order valence-corrected chi connectivity index (χ0v) is 13.9. The van der Waals surface area contributed by atoms with Gasteiger partial charge in [0.2, 0.25) is 0 Å². The van der Waals surface area contributed by atoms with Crippen LogP contribution in [-0.4, -0.2) is 20.3 Å². The molecule has 0 aliphatic heterocycles. The summed E-state index contributed by atoms with van der Waals surface area (Å²) in [5.41, 5.74) is 0.531. The van der Waals surface area contributed by atoms with Gasteiger partial charge in [-0.3, -0.25) is 9.20 Å². The molecular weight excluding hydrogens is 359 g/mol. The lowest BCUT2D eigenvalue weighted by Crippen LogP contribution is -2.31. The molecule has 2 aromatic heterocycles. The highest BCUT2D eigenvalue weighted by atomic mass is 32.1. The summed E-state index contributed by atoms with van der Waals surface area (Å²) in [4.78, 5) is 17.4. The van der Waals surface area contributed by atoms with Crippen molar-refractivity contribution in [2.45, 2.75) is 13.1 Å². The second kappa shape index (κ2) is 5.99. The Morgan fingerprint density at radius 3 is 2.58 bits per heavy atom. The molecule has 0 bridgehead atoms. The molecule has 4 nitrogen and oxygen atoms in total. The molecule has 1 amide bonds. The van der Waals surface area contributed by atoms with Gasteiger partial charge < -0.3 is 5.32 Å². The molecule has 0 atom stereocenters. The fraction of sp³-hybridized carbons (Fsp3) is 0.133. The van der Waals surface area contributed by atoms with Gasteiger partial charge in [-0.15, -0.1) is 11.3 Å². The molecule has 0 unspecified atom stereocenters. The van der Waals surface area contributed by atoms with Gasteiger partial charge in [0.25, 0.3) is 5.91 Å². The van der Waals surface area contributed by atoms with Crippen LogP contribution in [0.25, 0.3) is 4.96 Å². The number of rotatable bonds is 2. The number of thiazole rings is 1. The third kappa shape index (κ3) is 3.04. The van der Waals surface area contributed by atoms with Crippen molar-refractivity contribution >= 4 is 39.4 Å². The van der Waals surface area contributed by atoms with E-state index in [-0.39, 0.29) is 10.6 Å². The first-order valence-electron chi connectivity index (χ1n) is 6.72. The third-order valence-corrected chi connectivity index (χ3v) is 4.40. The van der Waals surface area contributed by atoms with Crippen LogP contribution in [0.3, 0.4) is 0 Å². The summed E-state index contributed by atoms with van der Waals surface area (Å²) in [5, 5.41) is 4.37. The number of fused-ring (bicyclic) bond motifs is 1. The van der Waals surface area contributed by atoms with Gasteiger partial charge in [-0.25, -0.2) is 4.98 Å². The SMILES string of the molecule is Cc1nc2sccn2c1C(=S)NC(=O)c1ccc(C(F)(F)F)cc1. The number of aromatic nitrogens is 2. The van der Waals surface area contributed by atoms with Crippen molar-refractivity contribution in [2.24, 2.45) is 0 Å². The van der Waals surface area contributed by atoms with Crippen molar-refractivity contribution in [2.75, 3.05) is 0 Å². The van der Waals surface area contributed by atoms with Crippen LogP contribution in [0.4, 0.5) is 13.2 Å². The maximum absolute atomic E-state index is 12.5. The number of hydrogen-bond acceptors (Lipinski definition) is 4. The van der Waals surface area contributed by atoms with Gasteiger partial charge in [-0.1, -0.05) is 12.2 Å². The van der Waals surface area contributed by atoms with E-state index in [1.807, 2.05) is 5.38 Å². The number of carbonyl (C=O) groups is 1. The summed E-state index contributed by atoms with van der Waals surface area (Å²) in [6.45, 7) is 1.77. The standard InChI is InChI=1S/C15H10F3N3OS2/c1-8-11(21-6-7-24-14(21)19-8)13(23)20-12(22)9-2-4-10(5-3-9)15(16,17)18/h2-7H,1H3,(H,20,22,23). The Hall–Kier alpha value is -2.26. The number of thiocarbonyl (C=S) groups is 1. The van der Waals surface area contributed by atoms with Gasteiger partial charge in [0, 0.05) is 17.1 Å². The fourth-order valence-electron chi connectivity index (χ4n) is 2.21. The summed E-state index contributed by atoms with van der Waals surface area (Å²) < 4.78 is 39.4. The first-order chi connectivity index (χ1) is 11.3. The maximum Gasteiger partial charge on any atom is 0.416 e. The number of halogens is 3. The second-order valence-corrected chi connectivity index (χ2v) is 6.24. The predicted octanol–water partition coefficient (Wildman–Crippen LogP) is 3.83. The molecule has 0 aliphatic carbocycles. The van der Waals surface area contributed by atoms with Crippen LogP contribution in [0.1, 0.15) is 27.3 Å². The minimum atomic E-state index is -4.44. The third-order valence-electron chi connectivity index (χ3n) is 3.35. The summed E-state index contributed by atoms with van der Waals surface area (Å²) in [6.07, 6.45) is -2.66. The summed E-state index contributed by atoms with van der Waals surface area (Å²) in [7, 11) is 0. The van der Waals surface area contributed by atoms with E-state index < -0.39 is 17.6 Å². The van der Waals surface area contributed by atoms with E-state index in [1.54, 1.807) is 17.5 Å². The van der Waals surface area contributed by atoms with Crippen LogP contribution in [0.15, 0.2) is 35.8 Å². The number of alkyl halides is 3. The van der Waals surface area contributed by atoms with Crippen LogP contribution in [0.2, 0.25) is 0 Å². The molecule has 0 aliphatic rings. The molecule has 0 fully saturated rings. The summed E-state index contributed by atoms with van der Waals surface area (Å²) >= 11 is 6.68. The maximum atomic E-state index is 12.5. The van der Waals surface area contributed by atoms with Gasteiger partial charge in [-0.2, -0.15) is 13.2 Å². The Bertz CT molecular complexity index is 926. The lowest BCUT2D eigenvalue weighted by atomic mass is 10.1. The highest BCUT2D eigenvalue weighted by Gasteiger charge is 2.30. The number of nitrogens with zero attached hydrogens (tertiary/aromatic N) is 2. The van der Waals surface area contributed by atoms with E-state index in [1.165, 1.54) is 11.3 Å². The average molecular weight is 369 g/mol. The topological polar surface area (TPSA) is 46.4 Å². The zero-order chi connectivity index (χ0) is 17.5. The number of imidazole rings is 1. The first kappa shape index (κ1) is 16.6. The molecule has 3 rings (SSSR count). The van der Waals surface area contributed by atoms with E-state index in [9.17, 15) is 18.0 Å². The monoisotopic (exact) mass is 369 g/mol.